The topological polar surface area (TPSA) is 58.1 Å². The van der Waals surface area contributed by atoms with E-state index in [4.69, 9.17) is 4.98 Å². The third-order valence-corrected chi connectivity index (χ3v) is 4.93. The molecule has 1 saturated heterocycles. The predicted octanol–water partition coefficient (Wildman–Crippen LogP) is 3.98. The second-order valence-electron chi connectivity index (χ2n) is 7.50. The maximum absolute atomic E-state index is 13.1. The zero-order valence-corrected chi connectivity index (χ0v) is 16.4. The Morgan fingerprint density at radius 1 is 1.44 bits per heavy atom. The van der Waals surface area contributed by atoms with Crippen molar-refractivity contribution in [3.8, 4) is 0 Å². The van der Waals surface area contributed by atoms with Crippen molar-refractivity contribution in [2.24, 2.45) is 5.92 Å². The number of anilines is 1. The van der Waals surface area contributed by atoms with Crippen LogP contribution < -0.4 is 10.2 Å². The Morgan fingerprint density at radius 3 is 2.96 bits per heavy atom. The van der Waals surface area contributed by atoms with E-state index in [-0.39, 0.29) is 8.64 Å². The third-order valence-electron chi connectivity index (χ3n) is 4.93. The van der Waals surface area contributed by atoms with Gasteiger partial charge in [-0.3, -0.25) is 9.78 Å². The molecule has 0 radical (unpaired) electrons. The van der Waals surface area contributed by atoms with Crippen molar-refractivity contribution in [1.29, 1.82) is 0 Å². The van der Waals surface area contributed by atoms with Gasteiger partial charge in [-0.15, -0.1) is 0 Å². The molecule has 0 unspecified atom stereocenters. The lowest BCUT2D eigenvalue weighted by Gasteiger charge is -2.35. The van der Waals surface area contributed by atoms with Gasteiger partial charge in [0.25, 0.3) is 0 Å². The highest BCUT2D eigenvalue weighted by molar-refractivity contribution is 6.10. The number of aryl methyl sites for hydroxylation is 1. The second-order valence-corrected chi connectivity index (χ2v) is 7.50. The average molecular weight is 369 g/mol. The molecule has 0 bridgehead atoms. The van der Waals surface area contributed by atoms with E-state index in [1.165, 1.54) is 0 Å². The molecule has 5 nitrogen and oxygen atoms in total. The highest BCUT2D eigenvalue weighted by atomic mass is 16.1. The van der Waals surface area contributed by atoms with Crippen LogP contribution in [0.5, 0.6) is 0 Å². The number of ketones is 1. The fourth-order valence-corrected chi connectivity index (χ4v) is 3.59. The van der Waals surface area contributed by atoms with Crippen LogP contribution in [0.25, 0.3) is 6.08 Å². The first-order valence-electron chi connectivity index (χ1n) is 9.57. The van der Waals surface area contributed by atoms with E-state index in [0.717, 1.165) is 37.4 Å². The van der Waals surface area contributed by atoms with Gasteiger partial charge in [0.15, 0.2) is 0 Å². The van der Waals surface area contributed by atoms with E-state index >= 15 is 0 Å². The smallest absolute Gasteiger partial charge is 0.213 e. The quantitative estimate of drug-likeness (QED) is 0.782. The lowest BCUT2D eigenvalue weighted by atomic mass is 10.0. The number of pyridine rings is 2. The summed E-state index contributed by atoms with van der Waals surface area (Å²) in [6.45, 7) is 12.9. The zero-order chi connectivity index (χ0) is 19.4. The number of hydrogen-bond acceptors (Lipinski definition) is 5. The molecule has 27 heavy (non-hydrogen) atoms. The number of nitrogens with zero attached hydrogens (tertiary/aromatic N) is 3. The summed E-state index contributed by atoms with van der Waals surface area (Å²) in [7, 11) is 0. The number of hydrogen-bond donors (Lipinski definition) is 1. The molecule has 1 atom stereocenters. The summed E-state index contributed by atoms with van der Waals surface area (Å²) < 4.78 is 0. The maximum atomic E-state index is 13.1. The van der Waals surface area contributed by atoms with Crippen LogP contribution in [0.3, 0.4) is 0 Å². The van der Waals surface area contributed by atoms with Crippen LogP contribution in [0, 0.1) is 12.8 Å². The minimum absolute atomic E-state index is 0. The lowest BCUT2D eigenvalue weighted by molar-refractivity contribution is 0.103. The largest absolute Gasteiger partial charge is 0.354 e. The van der Waals surface area contributed by atoms with Crippen molar-refractivity contribution in [2.75, 3.05) is 24.5 Å². The summed E-state index contributed by atoms with van der Waals surface area (Å²) in [6, 6.07) is 7.95. The van der Waals surface area contributed by atoms with Gasteiger partial charge >= 0.3 is 0 Å². The van der Waals surface area contributed by atoms with Crippen molar-refractivity contribution in [3.05, 3.63) is 59.6 Å². The zero-order valence-electron chi connectivity index (χ0n) is 16.4. The predicted molar refractivity (Wildman–Crippen MR) is 114 cm³/mol. The van der Waals surface area contributed by atoms with Crippen molar-refractivity contribution >= 4 is 17.7 Å². The van der Waals surface area contributed by atoms with Crippen LogP contribution in [-0.4, -0.2) is 41.4 Å². The first kappa shape index (κ1) is 19.2. The number of rotatable bonds is 6. The molecule has 3 heterocycles. The van der Waals surface area contributed by atoms with Gasteiger partial charge < -0.3 is 10.2 Å². The van der Waals surface area contributed by atoms with Gasteiger partial charge in [-0.1, -0.05) is 26.5 Å². The Morgan fingerprint density at radius 2 is 2.26 bits per heavy atom. The molecule has 1 fully saturated rings. The summed E-state index contributed by atoms with van der Waals surface area (Å²) in [5.74, 6) is 1.39. The lowest BCUT2D eigenvalue weighted by Crippen LogP contribution is -2.51. The number of carbonyl (C=O) groups is 1. The van der Waals surface area contributed by atoms with Crippen LogP contribution in [-0.2, 0) is 0 Å². The van der Waals surface area contributed by atoms with Crippen molar-refractivity contribution in [3.63, 3.8) is 0 Å². The molecule has 3 rings (SSSR count). The highest BCUT2D eigenvalue weighted by Crippen LogP contribution is 2.22. The Kier molecular flexibility index (Phi) is 6.01. The highest BCUT2D eigenvalue weighted by Gasteiger charge is 2.23. The van der Waals surface area contributed by atoms with E-state index in [0.29, 0.717) is 28.9 Å². The van der Waals surface area contributed by atoms with Gasteiger partial charge in [0.2, 0.25) is 5.78 Å². The minimum atomic E-state index is -0.105. The molecule has 5 heteroatoms. The number of nitrogens with one attached hydrogen (secondary N) is 1. The average Bonchev–Trinajstić information content (AvgIpc) is 2.67. The van der Waals surface area contributed by atoms with E-state index in [2.05, 4.69) is 35.6 Å². The summed E-state index contributed by atoms with van der Waals surface area (Å²) in [6.07, 6.45) is 4.51. The Labute approximate surface area is 164 Å². The molecule has 2 aromatic rings. The molecule has 1 aliphatic rings. The van der Waals surface area contributed by atoms with E-state index in [1.807, 2.05) is 19.1 Å². The van der Waals surface area contributed by atoms with Gasteiger partial charge in [-0.2, -0.15) is 0 Å². The first-order chi connectivity index (χ1) is 13.0. The van der Waals surface area contributed by atoms with Crippen molar-refractivity contribution in [1.82, 2.24) is 15.3 Å². The summed E-state index contributed by atoms with van der Waals surface area (Å²) in [5.41, 5.74) is 2.49. The maximum Gasteiger partial charge on any atom is 0.213 e. The molecular formula is C22H32N4O. The van der Waals surface area contributed by atoms with E-state index < -0.39 is 0 Å². The molecule has 0 spiro atoms. The summed E-state index contributed by atoms with van der Waals surface area (Å²) >= 11 is 0. The Balaban J connectivity index is 0.00000210. The molecular weight excluding hydrogens is 336 g/mol. The normalized spacial score (nSPS) is 17.2. The van der Waals surface area contributed by atoms with Crippen LogP contribution in [0.4, 0.5) is 5.82 Å². The number of carbonyl (C=O) groups excluding carboxylic acids is 1. The van der Waals surface area contributed by atoms with E-state index in [1.54, 1.807) is 24.4 Å². The van der Waals surface area contributed by atoms with Crippen molar-refractivity contribution < 1.29 is 7.65 Å². The van der Waals surface area contributed by atoms with Crippen LogP contribution in [0.15, 0.2) is 37.0 Å². The Bertz CT molecular complexity index is 841. The molecule has 0 aromatic carbocycles. The molecule has 0 saturated carbocycles. The van der Waals surface area contributed by atoms with Gasteiger partial charge in [-0.05, 0) is 43.5 Å². The summed E-state index contributed by atoms with van der Waals surface area (Å²) in [5, 5.41) is 3.58. The fourth-order valence-electron chi connectivity index (χ4n) is 3.59. The van der Waals surface area contributed by atoms with Gasteiger partial charge in [0, 0.05) is 51.5 Å². The first-order valence-corrected chi connectivity index (χ1v) is 9.57. The SMILES string of the molecule is C=Cc1ccc(N2CCN[C@@H](CC(C)C)C2)nc1C(=O)c1cccnc1C.[HH].[HH]. The Hall–Kier alpha value is -2.53. The van der Waals surface area contributed by atoms with Crippen LogP contribution in [0.2, 0.25) is 0 Å². The van der Waals surface area contributed by atoms with E-state index in [9.17, 15) is 4.79 Å². The molecule has 2 aromatic heterocycles. The second kappa shape index (κ2) is 8.44. The van der Waals surface area contributed by atoms with Crippen LogP contribution in [0.1, 0.15) is 50.4 Å². The number of aromatic nitrogens is 2. The molecule has 1 aliphatic heterocycles. The number of piperazine rings is 1. The van der Waals surface area contributed by atoms with Gasteiger partial charge in [0.1, 0.15) is 11.5 Å². The minimum Gasteiger partial charge on any atom is -0.354 e. The standard InChI is InChI=1S/C22H28N4O.2H2/c1-5-17-8-9-20(26-12-11-24-18(14-26)13-15(2)3)25-21(17)22(27)19-7-6-10-23-16(19)4;;/h5-10,15,18,24H,1,11-14H2,2-4H3;2*1H/t18-;;/m0../s1. The van der Waals surface area contributed by atoms with Crippen molar-refractivity contribution in [2.45, 2.75) is 33.2 Å². The monoisotopic (exact) mass is 368 g/mol. The molecule has 0 amide bonds. The van der Waals surface area contributed by atoms with Crippen LogP contribution >= 0.6 is 0 Å². The fraction of sp³-hybridized carbons (Fsp3) is 0.409. The molecule has 0 aliphatic carbocycles. The third kappa shape index (κ3) is 4.42. The van der Waals surface area contributed by atoms with Gasteiger partial charge in [0.05, 0.1) is 0 Å². The molecule has 146 valence electrons. The molecule has 1 N–H and O–H groups in total. The summed E-state index contributed by atoms with van der Waals surface area (Å²) in [4.78, 5) is 24.4. The van der Waals surface area contributed by atoms with Gasteiger partial charge in [-0.25, -0.2) is 4.98 Å².